The molecule has 3 atom stereocenters. The number of methoxy groups -OCH3 is 1. The summed E-state index contributed by atoms with van der Waals surface area (Å²) >= 11 is 0. The molecule has 122 valence electrons. The lowest BCUT2D eigenvalue weighted by Crippen LogP contribution is -2.28. The first-order valence-electron chi connectivity index (χ1n) is 7.30. The SMILES string of the molecule is CCS(=O)(=O)[C@@H]1[C@H](c2ccc3c(c2)OCO3)[C@@]1(CN)COC. The highest BCUT2D eigenvalue weighted by Crippen LogP contribution is 2.63. The molecule has 1 aliphatic heterocycles. The Balaban J connectivity index is 2.00. The van der Waals surface area contributed by atoms with Gasteiger partial charge in [0.25, 0.3) is 0 Å². The molecule has 1 aromatic rings. The summed E-state index contributed by atoms with van der Waals surface area (Å²) in [5.41, 5.74) is 6.29. The summed E-state index contributed by atoms with van der Waals surface area (Å²) in [6.45, 7) is 2.45. The molecule has 2 N–H and O–H groups in total. The molecule has 0 unspecified atom stereocenters. The van der Waals surface area contributed by atoms with Crippen molar-refractivity contribution >= 4 is 9.84 Å². The van der Waals surface area contributed by atoms with Gasteiger partial charge in [-0.1, -0.05) is 13.0 Å². The van der Waals surface area contributed by atoms with E-state index in [1.54, 1.807) is 14.0 Å². The minimum atomic E-state index is -3.21. The van der Waals surface area contributed by atoms with Crippen LogP contribution in [0.15, 0.2) is 18.2 Å². The number of hydrogen-bond donors (Lipinski definition) is 1. The maximum atomic E-state index is 12.5. The normalized spacial score (nSPS) is 29.6. The molecule has 0 bridgehead atoms. The summed E-state index contributed by atoms with van der Waals surface area (Å²) in [5.74, 6) is 1.27. The average molecular weight is 327 g/mol. The van der Waals surface area contributed by atoms with E-state index < -0.39 is 20.5 Å². The van der Waals surface area contributed by atoms with E-state index in [1.165, 1.54) is 0 Å². The number of sulfone groups is 1. The number of benzene rings is 1. The molecule has 1 heterocycles. The Bertz CT molecular complexity index is 675. The summed E-state index contributed by atoms with van der Waals surface area (Å²) < 4.78 is 40.9. The van der Waals surface area contributed by atoms with Gasteiger partial charge >= 0.3 is 0 Å². The van der Waals surface area contributed by atoms with E-state index >= 15 is 0 Å². The average Bonchev–Trinajstić information content (AvgIpc) is 2.96. The Kier molecular flexibility index (Phi) is 3.82. The lowest BCUT2D eigenvalue weighted by molar-refractivity contribution is 0.142. The Labute approximate surface area is 130 Å². The van der Waals surface area contributed by atoms with E-state index in [2.05, 4.69) is 0 Å². The summed E-state index contributed by atoms with van der Waals surface area (Å²) in [6, 6.07) is 5.57. The quantitative estimate of drug-likeness (QED) is 0.835. The maximum absolute atomic E-state index is 12.5. The van der Waals surface area contributed by atoms with Crippen LogP contribution >= 0.6 is 0 Å². The molecule has 1 saturated carbocycles. The number of ether oxygens (including phenoxy) is 3. The van der Waals surface area contributed by atoms with Gasteiger partial charge < -0.3 is 19.9 Å². The molecule has 0 spiro atoms. The van der Waals surface area contributed by atoms with Gasteiger partial charge in [-0.2, -0.15) is 0 Å². The van der Waals surface area contributed by atoms with Crippen LogP contribution < -0.4 is 15.2 Å². The molecule has 3 rings (SSSR count). The Morgan fingerprint density at radius 3 is 2.73 bits per heavy atom. The third-order valence-corrected chi connectivity index (χ3v) is 7.04. The van der Waals surface area contributed by atoms with Crippen molar-refractivity contribution in [1.29, 1.82) is 0 Å². The minimum absolute atomic E-state index is 0.101. The Morgan fingerprint density at radius 1 is 1.36 bits per heavy atom. The highest BCUT2D eigenvalue weighted by atomic mass is 32.2. The second-order valence-corrected chi connectivity index (χ2v) is 8.24. The molecule has 0 saturated heterocycles. The van der Waals surface area contributed by atoms with E-state index in [-0.39, 0.29) is 25.0 Å². The van der Waals surface area contributed by atoms with Crippen LogP contribution in [0.5, 0.6) is 11.5 Å². The van der Waals surface area contributed by atoms with Gasteiger partial charge in [-0.25, -0.2) is 8.42 Å². The maximum Gasteiger partial charge on any atom is 0.231 e. The van der Waals surface area contributed by atoms with Crippen LogP contribution in [0.4, 0.5) is 0 Å². The minimum Gasteiger partial charge on any atom is -0.454 e. The van der Waals surface area contributed by atoms with Crippen LogP contribution in [0, 0.1) is 5.41 Å². The Morgan fingerprint density at radius 2 is 2.09 bits per heavy atom. The summed E-state index contributed by atoms with van der Waals surface area (Å²) in [4.78, 5) is 0. The van der Waals surface area contributed by atoms with Gasteiger partial charge in [-0.15, -0.1) is 0 Å². The van der Waals surface area contributed by atoms with Crippen LogP contribution in [-0.2, 0) is 14.6 Å². The predicted molar refractivity (Wildman–Crippen MR) is 81.9 cm³/mol. The van der Waals surface area contributed by atoms with E-state index in [4.69, 9.17) is 19.9 Å². The topological polar surface area (TPSA) is 87.9 Å². The van der Waals surface area contributed by atoms with Crippen LogP contribution in [0.1, 0.15) is 18.4 Å². The van der Waals surface area contributed by atoms with Crippen molar-refractivity contribution in [2.24, 2.45) is 11.1 Å². The third-order valence-electron chi connectivity index (χ3n) is 4.72. The van der Waals surface area contributed by atoms with Crippen molar-refractivity contribution in [2.45, 2.75) is 18.1 Å². The van der Waals surface area contributed by atoms with Crippen molar-refractivity contribution in [3.63, 3.8) is 0 Å². The van der Waals surface area contributed by atoms with E-state index in [1.807, 2.05) is 18.2 Å². The molecular weight excluding hydrogens is 306 g/mol. The fraction of sp³-hybridized carbons (Fsp3) is 0.600. The molecule has 0 radical (unpaired) electrons. The molecule has 1 fully saturated rings. The highest BCUT2D eigenvalue weighted by molar-refractivity contribution is 7.92. The molecule has 0 amide bonds. The first-order valence-corrected chi connectivity index (χ1v) is 9.02. The van der Waals surface area contributed by atoms with Crippen LogP contribution in [0.3, 0.4) is 0 Å². The molecule has 22 heavy (non-hydrogen) atoms. The third kappa shape index (κ3) is 2.19. The molecule has 1 aliphatic carbocycles. The molecule has 2 aliphatic rings. The zero-order chi connectivity index (χ0) is 16.0. The zero-order valence-corrected chi connectivity index (χ0v) is 13.6. The van der Waals surface area contributed by atoms with Crippen molar-refractivity contribution in [2.75, 3.05) is 32.8 Å². The first kappa shape index (κ1) is 15.6. The van der Waals surface area contributed by atoms with Gasteiger partial charge in [0.1, 0.15) is 0 Å². The molecule has 7 heteroatoms. The van der Waals surface area contributed by atoms with Crippen LogP contribution in [-0.4, -0.2) is 46.5 Å². The van der Waals surface area contributed by atoms with Crippen molar-refractivity contribution in [3.8, 4) is 11.5 Å². The van der Waals surface area contributed by atoms with Crippen molar-refractivity contribution in [1.82, 2.24) is 0 Å². The summed E-state index contributed by atoms with van der Waals surface area (Å²) in [7, 11) is -1.64. The van der Waals surface area contributed by atoms with Crippen molar-refractivity contribution < 1.29 is 22.6 Å². The molecule has 6 nitrogen and oxygen atoms in total. The second-order valence-electron chi connectivity index (χ2n) is 5.83. The summed E-state index contributed by atoms with van der Waals surface area (Å²) in [6.07, 6.45) is 0. The largest absolute Gasteiger partial charge is 0.454 e. The van der Waals surface area contributed by atoms with Gasteiger partial charge in [0.05, 0.1) is 11.9 Å². The van der Waals surface area contributed by atoms with Gasteiger partial charge in [0.2, 0.25) is 6.79 Å². The lowest BCUT2D eigenvalue weighted by atomic mass is 9.99. The lowest BCUT2D eigenvalue weighted by Gasteiger charge is -2.14. The smallest absolute Gasteiger partial charge is 0.231 e. The molecule has 1 aromatic carbocycles. The number of rotatable bonds is 6. The van der Waals surface area contributed by atoms with Crippen molar-refractivity contribution in [3.05, 3.63) is 23.8 Å². The van der Waals surface area contributed by atoms with Gasteiger partial charge in [-0.3, -0.25) is 0 Å². The van der Waals surface area contributed by atoms with E-state index in [0.717, 1.165) is 5.56 Å². The number of hydrogen-bond acceptors (Lipinski definition) is 6. The van der Waals surface area contributed by atoms with Gasteiger partial charge in [-0.05, 0) is 17.7 Å². The first-order chi connectivity index (χ1) is 10.5. The Hall–Kier alpha value is -1.31. The zero-order valence-electron chi connectivity index (χ0n) is 12.7. The fourth-order valence-corrected chi connectivity index (χ4v) is 5.70. The fourth-order valence-electron chi connectivity index (χ4n) is 3.55. The molecular formula is C15H21NO5S. The second kappa shape index (κ2) is 5.40. The number of fused-ring (bicyclic) bond motifs is 1. The highest BCUT2D eigenvalue weighted by Gasteiger charge is 2.69. The number of nitrogens with two attached hydrogens (primary N) is 1. The van der Waals surface area contributed by atoms with Crippen LogP contribution in [0.2, 0.25) is 0 Å². The monoisotopic (exact) mass is 327 g/mol. The molecule has 0 aromatic heterocycles. The van der Waals surface area contributed by atoms with Crippen LogP contribution in [0.25, 0.3) is 0 Å². The standard InChI is InChI=1S/C15H21NO5S/c1-3-22(17,18)14-13(15(14,7-16)8-19-2)10-4-5-11-12(6-10)21-9-20-11/h4-6,13-14H,3,7-9,16H2,1-2H3/t13-,14+,15+/m0/s1. The van der Waals surface area contributed by atoms with Gasteiger partial charge in [0.15, 0.2) is 21.3 Å². The predicted octanol–water partition coefficient (Wildman–Crippen LogP) is 0.907. The van der Waals surface area contributed by atoms with Gasteiger partial charge in [0, 0.05) is 30.7 Å². The summed E-state index contributed by atoms with van der Waals surface area (Å²) in [5, 5.41) is -0.504. The van der Waals surface area contributed by atoms with E-state index in [9.17, 15) is 8.42 Å². The van der Waals surface area contributed by atoms with E-state index in [0.29, 0.717) is 18.1 Å².